The van der Waals surface area contributed by atoms with Crippen molar-refractivity contribution in [3.05, 3.63) is 59.2 Å². The Kier molecular flexibility index (Phi) is 8.77. The van der Waals surface area contributed by atoms with E-state index in [4.69, 9.17) is 4.74 Å². The van der Waals surface area contributed by atoms with Gasteiger partial charge < -0.3 is 20.3 Å². The molecule has 2 aromatic rings. The van der Waals surface area contributed by atoms with Crippen molar-refractivity contribution in [3.63, 3.8) is 0 Å². The Labute approximate surface area is 208 Å². The number of hydrogen-bond acceptors (Lipinski definition) is 5. The number of nitrogens with zero attached hydrogens (tertiary/aromatic N) is 2. The molecule has 0 radical (unpaired) electrons. The van der Waals surface area contributed by atoms with E-state index >= 15 is 0 Å². The highest BCUT2D eigenvalue weighted by atomic mass is 16.5. The van der Waals surface area contributed by atoms with Crippen molar-refractivity contribution in [2.75, 3.05) is 62.7 Å². The van der Waals surface area contributed by atoms with Gasteiger partial charge in [0.2, 0.25) is 0 Å². The monoisotopic (exact) mass is 478 g/mol. The highest BCUT2D eigenvalue weighted by Gasteiger charge is 2.22. The van der Waals surface area contributed by atoms with Gasteiger partial charge in [0.15, 0.2) is 0 Å². The summed E-state index contributed by atoms with van der Waals surface area (Å²) < 4.78 is 5.41. The lowest BCUT2D eigenvalue weighted by molar-refractivity contribution is 0.0374. The van der Waals surface area contributed by atoms with Gasteiger partial charge in [0, 0.05) is 49.7 Å². The maximum Gasteiger partial charge on any atom is 0.255 e. The molecule has 7 nitrogen and oxygen atoms in total. The average Bonchev–Trinajstić information content (AvgIpc) is 2.88. The zero-order chi connectivity index (χ0) is 24.6. The van der Waals surface area contributed by atoms with Crippen LogP contribution < -0.4 is 15.5 Å². The highest BCUT2D eigenvalue weighted by Crippen LogP contribution is 2.29. The van der Waals surface area contributed by atoms with E-state index in [1.807, 2.05) is 49.4 Å². The third kappa shape index (κ3) is 6.83. The van der Waals surface area contributed by atoms with Crippen LogP contribution in [0.1, 0.15) is 52.5 Å². The molecular formula is C28H38N4O3. The van der Waals surface area contributed by atoms with Crippen LogP contribution in [0.5, 0.6) is 0 Å². The Morgan fingerprint density at radius 2 is 1.71 bits per heavy atom. The minimum Gasteiger partial charge on any atom is -0.379 e. The van der Waals surface area contributed by atoms with Crippen LogP contribution >= 0.6 is 0 Å². The molecule has 35 heavy (non-hydrogen) atoms. The van der Waals surface area contributed by atoms with Gasteiger partial charge in [0.1, 0.15) is 0 Å². The van der Waals surface area contributed by atoms with Crippen molar-refractivity contribution >= 4 is 23.2 Å². The number of hydrogen-bond donors (Lipinski definition) is 2. The molecule has 2 saturated heterocycles. The minimum absolute atomic E-state index is 0.0902. The van der Waals surface area contributed by atoms with E-state index in [0.29, 0.717) is 29.3 Å². The molecule has 0 aliphatic carbocycles. The second-order valence-electron chi connectivity index (χ2n) is 9.73. The molecule has 2 heterocycles. The summed E-state index contributed by atoms with van der Waals surface area (Å²) in [4.78, 5) is 30.8. The molecule has 2 N–H and O–H groups in total. The number of rotatable bonds is 8. The van der Waals surface area contributed by atoms with Gasteiger partial charge in [-0.3, -0.25) is 14.5 Å². The Morgan fingerprint density at radius 3 is 2.46 bits per heavy atom. The predicted molar refractivity (Wildman–Crippen MR) is 140 cm³/mol. The van der Waals surface area contributed by atoms with Gasteiger partial charge >= 0.3 is 0 Å². The fourth-order valence-electron chi connectivity index (χ4n) is 4.77. The third-order valence-electron chi connectivity index (χ3n) is 7.05. The maximum atomic E-state index is 13.3. The molecular weight excluding hydrogens is 440 g/mol. The molecule has 2 fully saturated rings. The molecule has 188 valence electrons. The highest BCUT2D eigenvalue weighted by molar-refractivity contribution is 6.07. The summed E-state index contributed by atoms with van der Waals surface area (Å²) in [5, 5.41) is 6.10. The van der Waals surface area contributed by atoms with Crippen molar-refractivity contribution in [2.45, 2.75) is 33.1 Å². The van der Waals surface area contributed by atoms with Crippen molar-refractivity contribution in [2.24, 2.45) is 5.92 Å². The van der Waals surface area contributed by atoms with Gasteiger partial charge in [-0.05, 0) is 68.5 Å². The number of aryl methyl sites for hydroxylation is 1. The predicted octanol–water partition coefficient (Wildman–Crippen LogP) is 3.94. The van der Waals surface area contributed by atoms with Gasteiger partial charge in [0.25, 0.3) is 11.8 Å². The first-order valence-corrected chi connectivity index (χ1v) is 12.9. The van der Waals surface area contributed by atoms with Crippen LogP contribution in [0.4, 0.5) is 11.4 Å². The van der Waals surface area contributed by atoms with Crippen molar-refractivity contribution in [1.82, 2.24) is 10.2 Å². The lowest BCUT2D eigenvalue weighted by Gasteiger charge is -2.33. The quantitative estimate of drug-likeness (QED) is 0.563. The van der Waals surface area contributed by atoms with Crippen molar-refractivity contribution < 1.29 is 14.3 Å². The lowest BCUT2D eigenvalue weighted by Crippen LogP contribution is -2.38. The fourth-order valence-corrected chi connectivity index (χ4v) is 4.77. The standard InChI is InChI=1S/C28H38N4O3/c1-21-10-14-32(15-11-21)26-9-8-23(30-28(34)24-7-4-3-6-22(24)2)20-25(26)27(33)29-12-5-13-31-16-18-35-19-17-31/h3-4,6-9,20-21H,5,10-19H2,1-2H3,(H,29,33)(H,30,34). The van der Waals surface area contributed by atoms with Gasteiger partial charge in [-0.2, -0.15) is 0 Å². The number of morpholine rings is 1. The van der Waals surface area contributed by atoms with Crippen molar-refractivity contribution in [1.29, 1.82) is 0 Å². The molecule has 0 saturated carbocycles. The molecule has 2 aliphatic rings. The molecule has 0 bridgehead atoms. The first-order chi connectivity index (χ1) is 17.0. The normalized spacial score (nSPS) is 17.3. The number of amides is 2. The van der Waals surface area contributed by atoms with Gasteiger partial charge in [0.05, 0.1) is 18.8 Å². The van der Waals surface area contributed by atoms with E-state index in [-0.39, 0.29) is 11.8 Å². The number of ether oxygens (including phenoxy) is 1. The van der Waals surface area contributed by atoms with E-state index in [0.717, 1.165) is 76.5 Å². The van der Waals surface area contributed by atoms with E-state index in [1.165, 1.54) is 0 Å². The van der Waals surface area contributed by atoms with E-state index < -0.39 is 0 Å². The van der Waals surface area contributed by atoms with Crippen LogP contribution in [0.2, 0.25) is 0 Å². The van der Waals surface area contributed by atoms with Crippen LogP contribution in [0.3, 0.4) is 0 Å². The first kappa shape index (κ1) is 25.2. The minimum atomic E-state index is -0.167. The number of piperidine rings is 1. The molecule has 2 aliphatic heterocycles. The maximum absolute atomic E-state index is 13.3. The Bertz CT molecular complexity index is 1010. The first-order valence-electron chi connectivity index (χ1n) is 12.9. The summed E-state index contributed by atoms with van der Waals surface area (Å²) in [5.41, 5.74) is 3.74. The summed E-state index contributed by atoms with van der Waals surface area (Å²) in [5.74, 6) is 0.448. The third-order valence-corrected chi connectivity index (χ3v) is 7.05. The molecule has 0 atom stereocenters. The fraction of sp³-hybridized carbons (Fsp3) is 0.500. The zero-order valence-electron chi connectivity index (χ0n) is 21.0. The summed E-state index contributed by atoms with van der Waals surface area (Å²) in [6.45, 7) is 11.1. The summed E-state index contributed by atoms with van der Waals surface area (Å²) >= 11 is 0. The van der Waals surface area contributed by atoms with Crippen LogP contribution in [0, 0.1) is 12.8 Å². The van der Waals surface area contributed by atoms with Crippen LogP contribution in [-0.2, 0) is 4.74 Å². The number of carbonyl (C=O) groups is 2. The molecule has 2 aromatic carbocycles. The molecule has 7 heteroatoms. The van der Waals surface area contributed by atoms with E-state index in [9.17, 15) is 9.59 Å². The second kappa shape index (κ2) is 12.2. The molecule has 4 rings (SSSR count). The Balaban J connectivity index is 1.46. The number of carbonyl (C=O) groups excluding carboxylic acids is 2. The van der Waals surface area contributed by atoms with Gasteiger partial charge in [-0.15, -0.1) is 0 Å². The number of nitrogens with one attached hydrogen (secondary N) is 2. The van der Waals surface area contributed by atoms with Crippen LogP contribution in [-0.4, -0.2) is 69.2 Å². The van der Waals surface area contributed by atoms with Crippen LogP contribution in [0.15, 0.2) is 42.5 Å². The largest absolute Gasteiger partial charge is 0.379 e. The second-order valence-corrected chi connectivity index (χ2v) is 9.73. The Hall–Kier alpha value is -2.90. The molecule has 0 spiro atoms. The van der Waals surface area contributed by atoms with Crippen LogP contribution in [0.25, 0.3) is 0 Å². The number of benzene rings is 2. The Morgan fingerprint density at radius 1 is 0.971 bits per heavy atom. The molecule has 0 unspecified atom stereocenters. The van der Waals surface area contributed by atoms with E-state index in [2.05, 4.69) is 27.4 Å². The molecule has 2 amide bonds. The molecule has 0 aromatic heterocycles. The smallest absolute Gasteiger partial charge is 0.255 e. The topological polar surface area (TPSA) is 73.9 Å². The summed E-state index contributed by atoms with van der Waals surface area (Å²) in [7, 11) is 0. The lowest BCUT2D eigenvalue weighted by atomic mass is 9.97. The van der Waals surface area contributed by atoms with E-state index in [1.54, 1.807) is 0 Å². The summed E-state index contributed by atoms with van der Waals surface area (Å²) in [6, 6.07) is 13.2. The van der Waals surface area contributed by atoms with Gasteiger partial charge in [-0.25, -0.2) is 0 Å². The SMILES string of the molecule is Cc1ccccc1C(=O)Nc1ccc(N2CCC(C)CC2)c(C(=O)NCCCN2CCOCC2)c1. The zero-order valence-corrected chi connectivity index (χ0v) is 21.0. The van der Waals surface area contributed by atoms with Crippen molar-refractivity contribution in [3.8, 4) is 0 Å². The van der Waals surface area contributed by atoms with Gasteiger partial charge in [-0.1, -0.05) is 25.1 Å². The summed E-state index contributed by atoms with van der Waals surface area (Å²) in [6.07, 6.45) is 3.13. The number of anilines is 2. The average molecular weight is 479 g/mol.